The highest BCUT2D eigenvalue weighted by atomic mass is 16.2. The number of anilines is 1. The van der Waals surface area contributed by atoms with E-state index in [-0.39, 0.29) is 11.9 Å². The number of hydrogen-bond acceptors (Lipinski definition) is 5. The molecule has 2 rings (SSSR count). The first kappa shape index (κ1) is 14.2. The van der Waals surface area contributed by atoms with Crippen LogP contribution in [0.2, 0.25) is 0 Å². The van der Waals surface area contributed by atoms with Gasteiger partial charge in [0.15, 0.2) is 0 Å². The highest BCUT2D eigenvalue weighted by Gasteiger charge is 2.15. The molecule has 2 aromatic rings. The number of fused-ring (bicyclic) bond motifs is 1. The van der Waals surface area contributed by atoms with Gasteiger partial charge in [-0.2, -0.15) is 14.6 Å². The van der Waals surface area contributed by atoms with Crippen LogP contribution in [0.15, 0.2) is 12.4 Å². The first-order chi connectivity index (χ1) is 9.47. The summed E-state index contributed by atoms with van der Waals surface area (Å²) in [4.78, 5) is 20.3. The van der Waals surface area contributed by atoms with Crippen molar-refractivity contribution >= 4 is 17.5 Å². The second-order valence-electron chi connectivity index (χ2n) is 5.26. The van der Waals surface area contributed by atoms with Crippen LogP contribution in [0.3, 0.4) is 0 Å². The number of amides is 1. The molecule has 7 heteroatoms. The number of carbonyl (C=O) groups excluding carboxylic acids is 1. The largest absolute Gasteiger partial charge is 0.358 e. The van der Waals surface area contributed by atoms with E-state index in [4.69, 9.17) is 0 Å². The monoisotopic (exact) mass is 276 g/mol. The van der Waals surface area contributed by atoms with Gasteiger partial charge in [-0.25, -0.2) is 4.98 Å². The number of carbonyl (C=O) groups is 1. The number of hydrogen-bond donors (Lipinski definition) is 2. The summed E-state index contributed by atoms with van der Waals surface area (Å²) in [7, 11) is 0. The summed E-state index contributed by atoms with van der Waals surface area (Å²) in [5.74, 6) is 1.61. The van der Waals surface area contributed by atoms with E-state index < -0.39 is 0 Å². The fraction of sp³-hybridized carbons (Fsp3) is 0.538. The van der Waals surface area contributed by atoms with Gasteiger partial charge < -0.3 is 10.6 Å². The van der Waals surface area contributed by atoms with E-state index in [1.54, 1.807) is 4.52 Å². The maximum absolute atomic E-state index is 12.0. The molecule has 0 radical (unpaired) electrons. The summed E-state index contributed by atoms with van der Waals surface area (Å²) in [6, 6.07) is 1.48. The third-order valence-corrected chi connectivity index (χ3v) is 2.82. The molecule has 2 N–H and O–H groups in total. The summed E-state index contributed by atoms with van der Waals surface area (Å²) in [5, 5.41) is 10.1. The lowest BCUT2D eigenvalue weighted by Crippen LogP contribution is -2.39. The lowest BCUT2D eigenvalue weighted by molar-refractivity contribution is -0.121. The molecule has 108 valence electrons. The molecule has 0 aliphatic heterocycles. The maximum Gasteiger partial charge on any atom is 0.254 e. The second kappa shape index (κ2) is 5.85. The molecule has 0 bridgehead atoms. The average Bonchev–Trinajstić information content (AvgIpc) is 2.83. The highest BCUT2D eigenvalue weighted by molar-refractivity contribution is 5.83. The van der Waals surface area contributed by atoms with Gasteiger partial charge in [0.1, 0.15) is 18.2 Å². The Bertz CT molecular complexity index is 606. The Morgan fingerprint density at radius 1 is 1.40 bits per heavy atom. The van der Waals surface area contributed by atoms with Crippen LogP contribution < -0.4 is 10.6 Å². The first-order valence-electron chi connectivity index (χ1n) is 6.69. The summed E-state index contributed by atoms with van der Waals surface area (Å²) in [5.41, 5.74) is 0.822. The molecule has 0 saturated heterocycles. The zero-order valence-corrected chi connectivity index (χ0v) is 12.2. The SMILES string of the molecule is Cc1cc(NC(C)C(=O)NCC(C)C)n2ncnc2n1. The zero-order valence-electron chi connectivity index (χ0n) is 12.2. The van der Waals surface area contributed by atoms with E-state index in [0.29, 0.717) is 24.1 Å². The number of nitrogens with zero attached hydrogens (tertiary/aromatic N) is 4. The number of nitrogens with one attached hydrogen (secondary N) is 2. The molecule has 0 saturated carbocycles. The standard InChI is InChI=1S/C13H20N6O/c1-8(2)6-14-12(20)10(4)18-11-5-9(3)17-13-15-7-16-19(11)13/h5,7-8,10,18H,6H2,1-4H3,(H,14,20). The minimum atomic E-state index is -0.358. The van der Waals surface area contributed by atoms with Crippen molar-refractivity contribution in [1.29, 1.82) is 0 Å². The van der Waals surface area contributed by atoms with E-state index in [1.807, 2.05) is 19.9 Å². The minimum Gasteiger partial charge on any atom is -0.358 e. The molecular formula is C13H20N6O. The van der Waals surface area contributed by atoms with Crippen molar-refractivity contribution in [2.45, 2.75) is 33.7 Å². The van der Waals surface area contributed by atoms with Crippen LogP contribution in [0, 0.1) is 12.8 Å². The van der Waals surface area contributed by atoms with Crippen molar-refractivity contribution in [3.05, 3.63) is 18.1 Å². The topological polar surface area (TPSA) is 84.2 Å². The lowest BCUT2D eigenvalue weighted by Gasteiger charge is -2.16. The van der Waals surface area contributed by atoms with Gasteiger partial charge in [-0.15, -0.1) is 0 Å². The van der Waals surface area contributed by atoms with E-state index in [1.165, 1.54) is 6.33 Å². The Labute approximate surface area is 117 Å². The molecule has 1 amide bonds. The van der Waals surface area contributed by atoms with E-state index in [2.05, 4.69) is 39.5 Å². The third-order valence-electron chi connectivity index (χ3n) is 2.82. The summed E-state index contributed by atoms with van der Waals surface area (Å²) >= 11 is 0. The van der Waals surface area contributed by atoms with E-state index in [0.717, 1.165) is 5.69 Å². The van der Waals surface area contributed by atoms with Crippen molar-refractivity contribution in [3.8, 4) is 0 Å². The average molecular weight is 276 g/mol. The zero-order chi connectivity index (χ0) is 14.7. The van der Waals surface area contributed by atoms with Crippen LogP contribution in [0.5, 0.6) is 0 Å². The van der Waals surface area contributed by atoms with Crippen molar-refractivity contribution in [2.75, 3.05) is 11.9 Å². The smallest absolute Gasteiger partial charge is 0.254 e. The van der Waals surface area contributed by atoms with Crippen LogP contribution >= 0.6 is 0 Å². The summed E-state index contributed by atoms with van der Waals surface area (Å²) < 4.78 is 1.58. The predicted molar refractivity (Wildman–Crippen MR) is 76.5 cm³/mol. The molecule has 7 nitrogen and oxygen atoms in total. The Morgan fingerprint density at radius 3 is 2.85 bits per heavy atom. The molecule has 2 heterocycles. The highest BCUT2D eigenvalue weighted by Crippen LogP contribution is 2.11. The van der Waals surface area contributed by atoms with Crippen LogP contribution in [0.1, 0.15) is 26.5 Å². The van der Waals surface area contributed by atoms with Crippen LogP contribution in [-0.2, 0) is 4.79 Å². The molecule has 0 aliphatic rings. The minimum absolute atomic E-state index is 0.0403. The molecular weight excluding hydrogens is 256 g/mol. The Balaban J connectivity index is 2.11. The molecule has 0 fully saturated rings. The van der Waals surface area contributed by atoms with E-state index >= 15 is 0 Å². The van der Waals surface area contributed by atoms with Gasteiger partial charge >= 0.3 is 0 Å². The number of aryl methyl sites for hydroxylation is 1. The van der Waals surface area contributed by atoms with Gasteiger partial charge in [-0.3, -0.25) is 4.79 Å². The Kier molecular flexibility index (Phi) is 4.16. The second-order valence-corrected chi connectivity index (χ2v) is 5.26. The molecule has 0 aromatic carbocycles. The molecule has 1 unspecified atom stereocenters. The van der Waals surface area contributed by atoms with Gasteiger partial charge in [-0.05, 0) is 19.8 Å². The van der Waals surface area contributed by atoms with Crippen molar-refractivity contribution < 1.29 is 4.79 Å². The Morgan fingerprint density at radius 2 is 2.15 bits per heavy atom. The fourth-order valence-electron chi connectivity index (χ4n) is 1.78. The van der Waals surface area contributed by atoms with Crippen LogP contribution in [0.4, 0.5) is 5.82 Å². The molecule has 0 spiro atoms. The van der Waals surface area contributed by atoms with Gasteiger partial charge in [-0.1, -0.05) is 13.8 Å². The van der Waals surface area contributed by atoms with Crippen molar-refractivity contribution in [3.63, 3.8) is 0 Å². The molecule has 0 aliphatic carbocycles. The maximum atomic E-state index is 12.0. The number of rotatable bonds is 5. The predicted octanol–water partition coefficient (Wildman–Crippen LogP) is 1.01. The molecule has 2 aromatic heterocycles. The normalized spacial score (nSPS) is 12.7. The quantitative estimate of drug-likeness (QED) is 0.851. The van der Waals surface area contributed by atoms with Crippen LogP contribution in [0.25, 0.3) is 5.78 Å². The lowest BCUT2D eigenvalue weighted by atomic mass is 10.2. The van der Waals surface area contributed by atoms with Crippen molar-refractivity contribution in [2.24, 2.45) is 5.92 Å². The fourth-order valence-corrected chi connectivity index (χ4v) is 1.78. The van der Waals surface area contributed by atoms with Crippen molar-refractivity contribution in [1.82, 2.24) is 24.9 Å². The summed E-state index contributed by atoms with van der Waals surface area (Å²) in [6.45, 7) is 8.48. The Hall–Kier alpha value is -2.18. The van der Waals surface area contributed by atoms with Crippen LogP contribution in [-0.4, -0.2) is 38.1 Å². The van der Waals surface area contributed by atoms with Gasteiger partial charge in [0.2, 0.25) is 5.91 Å². The van der Waals surface area contributed by atoms with E-state index in [9.17, 15) is 4.79 Å². The van der Waals surface area contributed by atoms with Gasteiger partial charge in [0.05, 0.1) is 0 Å². The number of aromatic nitrogens is 4. The first-order valence-corrected chi connectivity index (χ1v) is 6.69. The molecule has 20 heavy (non-hydrogen) atoms. The summed E-state index contributed by atoms with van der Waals surface area (Å²) in [6.07, 6.45) is 1.44. The molecule has 1 atom stereocenters. The van der Waals surface area contributed by atoms with Gasteiger partial charge in [0, 0.05) is 18.3 Å². The third kappa shape index (κ3) is 3.23. The van der Waals surface area contributed by atoms with Gasteiger partial charge in [0.25, 0.3) is 5.78 Å².